The third-order valence-electron chi connectivity index (χ3n) is 5.92. The summed E-state index contributed by atoms with van der Waals surface area (Å²) in [6.07, 6.45) is 3.07. The van der Waals surface area contributed by atoms with Crippen molar-refractivity contribution in [1.82, 2.24) is 35.2 Å². The fourth-order valence-electron chi connectivity index (χ4n) is 3.92. The maximum atomic E-state index is 12.8. The number of thioether (sulfide) groups is 1. The van der Waals surface area contributed by atoms with Crippen LogP contribution in [-0.4, -0.2) is 89.8 Å². The number of nitrogens with zero attached hydrogens (tertiary/aromatic N) is 4. The van der Waals surface area contributed by atoms with Crippen LogP contribution in [0, 0.1) is 0 Å². The van der Waals surface area contributed by atoms with Crippen LogP contribution in [-0.2, 0) is 48.3 Å². The van der Waals surface area contributed by atoms with Crippen LogP contribution in [0.15, 0.2) is 36.5 Å². The first-order valence-electron chi connectivity index (χ1n) is 12.7. The molecule has 4 N–H and O–H groups in total. The molecular formula is C25H31N7O7S2. The highest BCUT2D eigenvalue weighted by molar-refractivity contribution is 8.00. The van der Waals surface area contributed by atoms with Gasteiger partial charge in [-0.3, -0.25) is 38.3 Å². The lowest BCUT2D eigenvalue weighted by Crippen LogP contribution is -2.43. The average Bonchev–Trinajstić information content (AvgIpc) is 3.50. The second-order valence-corrected chi connectivity index (χ2v) is 11.2. The summed E-state index contributed by atoms with van der Waals surface area (Å²) in [5, 5.41) is 21.4. The fraction of sp³-hybridized carbons (Fsp3) is 0.440. The molecule has 2 heterocycles. The molecule has 0 aliphatic carbocycles. The number of aromatic nitrogens is 3. The highest BCUT2D eigenvalue weighted by atomic mass is 32.2. The van der Waals surface area contributed by atoms with Gasteiger partial charge in [-0.1, -0.05) is 47.5 Å². The minimum Gasteiger partial charge on any atom is -0.480 e. The van der Waals surface area contributed by atoms with Crippen molar-refractivity contribution in [3.8, 4) is 0 Å². The van der Waals surface area contributed by atoms with Crippen molar-refractivity contribution in [2.75, 3.05) is 11.5 Å². The van der Waals surface area contributed by atoms with Crippen molar-refractivity contribution in [3.63, 3.8) is 0 Å². The highest BCUT2D eigenvalue weighted by Crippen LogP contribution is 2.27. The number of carbonyl (C=O) groups is 6. The van der Waals surface area contributed by atoms with Crippen molar-refractivity contribution >= 4 is 59.7 Å². The van der Waals surface area contributed by atoms with Crippen LogP contribution in [0.1, 0.15) is 31.0 Å². The Bertz CT molecular complexity index is 1240. The van der Waals surface area contributed by atoms with Gasteiger partial charge in [-0.2, -0.15) is 0 Å². The van der Waals surface area contributed by atoms with Crippen LogP contribution in [0.25, 0.3) is 0 Å². The van der Waals surface area contributed by atoms with E-state index in [0.717, 1.165) is 22.2 Å². The molecule has 14 nitrogen and oxygen atoms in total. The van der Waals surface area contributed by atoms with Crippen LogP contribution < -0.4 is 15.4 Å². The normalized spacial score (nSPS) is 16.2. The second-order valence-electron chi connectivity index (χ2n) is 9.10. The van der Waals surface area contributed by atoms with Gasteiger partial charge in [0.2, 0.25) is 24.1 Å². The van der Waals surface area contributed by atoms with Crippen molar-refractivity contribution in [3.05, 3.63) is 47.8 Å². The van der Waals surface area contributed by atoms with E-state index in [2.05, 4.69) is 25.7 Å². The molecule has 1 aliphatic rings. The zero-order chi connectivity index (χ0) is 29.8. The maximum absolute atomic E-state index is 12.8. The smallest absolute Gasteiger partial charge is 0.327 e. The molecule has 220 valence electrons. The van der Waals surface area contributed by atoms with Gasteiger partial charge >= 0.3 is 5.97 Å². The third-order valence-corrected chi connectivity index (χ3v) is 8.06. The summed E-state index contributed by atoms with van der Waals surface area (Å²) in [6, 6.07) is 7.51. The van der Waals surface area contributed by atoms with E-state index in [1.54, 1.807) is 10.9 Å². The lowest BCUT2D eigenvalue weighted by molar-refractivity contribution is -0.141. The Labute approximate surface area is 244 Å². The molecule has 0 spiro atoms. The maximum Gasteiger partial charge on any atom is 0.327 e. The van der Waals surface area contributed by atoms with Gasteiger partial charge in [0.25, 0.3) is 5.91 Å². The Balaban J connectivity index is 1.40. The molecule has 2 aromatic rings. The summed E-state index contributed by atoms with van der Waals surface area (Å²) in [5.74, 6) is -2.35. The fourth-order valence-corrected chi connectivity index (χ4v) is 5.76. The second kappa shape index (κ2) is 15.8. The van der Waals surface area contributed by atoms with Crippen LogP contribution in [0.3, 0.4) is 0 Å². The molecule has 3 atom stereocenters. The van der Waals surface area contributed by atoms with Gasteiger partial charge in [0.05, 0.1) is 18.0 Å². The molecule has 41 heavy (non-hydrogen) atoms. The van der Waals surface area contributed by atoms with E-state index in [1.807, 2.05) is 30.3 Å². The summed E-state index contributed by atoms with van der Waals surface area (Å²) in [4.78, 5) is 72.2. The number of carboxylic acids is 1. The minimum absolute atomic E-state index is 0.0532. The average molecular weight is 606 g/mol. The standard InChI is InChI=1S/C25H31N7O7S2/c1-16(34)27-20(25(38)39)14-40-21-11-22(35)32(24(21)37)13-18-12-31(30-28-18)8-5-9-41-29-23(36)19(26-15-33)10-17-6-3-2-4-7-17/h2-4,6-7,12,15,19-21H,5,8-11,13-14H2,1H3,(H,26,33)(H,27,34)(H,29,36)(H,38,39)/t19-,20?,21?/m0/s1. The molecule has 1 aromatic heterocycles. The Hall–Kier alpha value is -3.92. The van der Waals surface area contributed by atoms with Gasteiger partial charge in [-0.05, 0) is 12.0 Å². The van der Waals surface area contributed by atoms with Crippen molar-refractivity contribution in [1.29, 1.82) is 0 Å². The van der Waals surface area contributed by atoms with E-state index in [0.29, 0.717) is 37.2 Å². The van der Waals surface area contributed by atoms with Crippen LogP contribution in [0.5, 0.6) is 0 Å². The number of aryl methyl sites for hydroxylation is 1. The van der Waals surface area contributed by atoms with E-state index in [1.165, 1.54) is 18.9 Å². The SMILES string of the molecule is CC(=O)NC(CSC1CC(=O)N(Cc2cn(CCCSNC(=O)[C@H](Cc3ccccc3)NC=O)nn2)C1=O)C(=O)O. The van der Waals surface area contributed by atoms with Gasteiger partial charge in [-0.25, -0.2) is 4.79 Å². The number of carbonyl (C=O) groups excluding carboxylic acids is 5. The van der Waals surface area contributed by atoms with E-state index in [9.17, 15) is 33.9 Å². The molecule has 0 saturated carbocycles. The number of benzene rings is 1. The summed E-state index contributed by atoms with van der Waals surface area (Å²) >= 11 is 2.23. The summed E-state index contributed by atoms with van der Waals surface area (Å²) in [5.41, 5.74) is 1.35. The summed E-state index contributed by atoms with van der Waals surface area (Å²) < 4.78 is 4.32. The first kappa shape index (κ1) is 31.6. The molecule has 5 amide bonds. The molecule has 3 rings (SSSR count). The number of hydrogen-bond acceptors (Lipinski definition) is 10. The molecule has 16 heteroatoms. The Morgan fingerprint density at radius 2 is 1.95 bits per heavy atom. The third kappa shape index (κ3) is 9.89. The number of nitrogens with one attached hydrogen (secondary N) is 3. The molecule has 0 radical (unpaired) electrons. The zero-order valence-corrected chi connectivity index (χ0v) is 23.9. The molecule has 1 fully saturated rings. The van der Waals surface area contributed by atoms with E-state index in [4.69, 9.17) is 0 Å². The lowest BCUT2D eigenvalue weighted by Gasteiger charge is -2.16. The number of amides is 5. The van der Waals surface area contributed by atoms with Crippen LogP contribution >= 0.6 is 23.7 Å². The zero-order valence-electron chi connectivity index (χ0n) is 22.2. The van der Waals surface area contributed by atoms with Crippen molar-refractivity contribution in [2.45, 2.75) is 56.6 Å². The number of hydrogen-bond donors (Lipinski definition) is 4. The molecule has 2 unspecified atom stereocenters. The van der Waals surface area contributed by atoms with E-state index >= 15 is 0 Å². The van der Waals surface area contributed by atoms with Gasteiger partial charge in [0.1, 0.15) is 17.8 Å². The quantitative estimate of drug-likeness (QED) is 0.0804. The predicted octanol–water partition coefficient (Wildman–Crippen LogP) is -0.260. The largest absolute Gasteiger partial charge is 0.480 e. The van der Waals surface area contributed by atoms with Gasteiger partial charge in [0.15, 0.2) is 0 Å². The van der Waals surface area contributed by atoms with Gasteiger partial charge in [-0.15, -0.1) is 16.9 Å². The minimum atomic E-state index is -1.22. The molecule has 1 saturated heterocycles. The number of imide groups is 1. The monoisotopic (exact) mass is 605 g/mol. The predicted molar refractivity (Wildman–Crippen MR) is 150 cm³/mol. The van der Waals surface area contributed by atoms with Gasteiger partial charge < -0.3 is 15.7 Å². The van der Waals surface area contributed by atoms with E-state index in [-0.39, 0.29) is 24.6 Å². The highest BCUT2D eigenvalue weighted by Gasteiger charge is 2.40. The number of carboxylic acid groups (broad SMARTS) is 1. The van der Waals surface area contributed by atoms with Gasteiger partial charge in [0, 0.05) is 37.8 Å². The summed E-state index contributed by atoms with van der Waals surface area (Å²) in [7, 11) is 0. The molecule has 1 aliphatic heterocycles. The number of likely N-dealkylation sites (tertiary alicyclic amines) is 1. The van der Waals surface area contributed by atoms with Crippen molar-refractivity contribution < 1.29 is 33.9 Å². The Morgan fingerprint density at radius 3 is 2.63 bits per heavy atom. The van der Waals surface area contributed by atoms with Crippen LogP contribution in [0.2, 0.25) is 0 Å². The van der Waals surface area contributed by atoms with Crippen molar-refractivity contribution in [2.24, 2.45) is 0 Å². The number of rotatable bonds is 17. The molecule has 1 aromatic carbocycles. The first-order chi connectivity index (χ1) is 19.7. The number of aliphatic carboxylic acids is 1. The molecular weight excluding hydrogens is 574 g/mol. The molecule has 0 bridgehead atoms. The lowest BCUT2D eigenvalue weighted by atomic mass is 10.1. The topological polar surface area (TPSA) is 193 Å². The Morgan fingerprint density at radius 1 is 1.20 bits per heavy atom. The first-order valence-corrected chi connectivity index (χ1v) is 14.7. The summed E-state index contributed by atoms with van der Waals surface area (Å²) in [6.45, 7) is 1.63. The van der Waals surface area contributed by atoms with Crippen LogP contribution in [0.4, 0.5) is 0 Å². The van der Waals surface area contributed by atoms with E-state index < -0.39 is 41.0 Å². The Kier molecular flexibility index (Phi) is 12.1.